The second kappa shape index (κ2) is 6.02. The van der Waals surface area contributed by atoms with Crippen molar-refractivity contribution >= 4 is 0 Å². The smallest absolute Gasteiger partial charge is 0.0951 e. The molecule has 0 spiro atoms. The molecule has 0 radical (unpaired) electrons. The number of nitrogens with two attached hydrogens (primary N) is 1. The molecule has 5 heteroatoms. The van der Waals surface area contributed by atoms with Gasteiger partial charge in [0.2, 0.25) is 0 Å². The fraction of sp³-hybridized carbons (Fsp3) is 0.571. The van der Waals surface area contributed by atoms with Gasteiger partial charge in [-0.15, -0.1) is 0 Å². The van der Waals surface area contributed by atoms with Gasteiger partial charge in [-0.3, -0.25) is 0 Å². The Morgan fingerprint density at radius 3 is 2.58 bits per heavy atom. The topological polar surface area (TPSA) is 61.7 Å². The second-order valence-electron chi connectivity index (χ2n) is 5.42. The minimum absolute atomic E-state index is 0.333. The highest BCUT2D eigenvalue weighted by Gasteiger charge is 2.20. The van der Waals surface area contributed by atoms with Crippen LogP contribution < -0.4 is 5.73 Å². The molecular weight excluding hydrogens is 238 g/mol. The maximum absolute atomic E-state index is 5.91. The molecule has 0 aliphatic rings. The van der Waals surface area contributed by atoms with Gasteiger partial charge in [-0.25, -0.2) is 9.97 Å². The summed E-state index contributed by atoms with van der Waals surface area (Å²) in [7, 11) is 0. The summed E-state index contributed by atoms with van der Waals surface area (Å²) in [5.74, 6) is 0.869. The van der Waals surface area contributed by atoms with E-state index in [-0.39, 0.29) is 0 Å². The number of hydrogen-bond acceptors (Lipinski definition) is 3. The van der Waals surface area contributed by atoms with E-state index < -0.39 is 0 Å². The maximum atomic E-state index is 5.91. The lowest BCUT2D eigenvalue weighted by atomic mass is 9.92. The lowest BCUT2D eigenvalue weighted by Crippen LogP contribution is -2.23. The van der Waals surface area contributed by atoms with Gasteiger partial charge in [-0.2, -0.15) is 0 Å². The van der Waals surface area contributed by atoms with Gasteiger partial charge in [-0.1, -0.05) is 13.8 Å². The van der Waals surface area contributed by atoms with Crippen LogP contribution in [0.15, 0.2) is 31.2 Å². The van der Waals surface area contributed by atoms with Crippen LogP contribution in [0.2, 0.25) is 0 Å². The molecule has 2 aromatic rings. The third kappa shape index (κ3) is 3.04. The molecule has 0 aromatic carbocycles. The minimum atomic E-state index is 0.333. The zero-order valence-electron chi connectivity index (χ0n) is 11.9. The number of rotatable bonds is 6. The van der Waals surface area contributed by atoms with Gasteiger partial charge in [0.15, 0.2) is 0 Å². The van der Waals surface area contributed by atoms with E-state index in [4.69, 9.17) is 5.73 Å². The summed E-state index contributed by atoms with van der Waals surface area (Å²) in [6.45, 7) is 8.14. The molecule has 104 valence electrons. The summed E-state index contributed by atoms with van der Waals surface area (Å²) in [5.41, 5.74) is 7.14. The second-order valence-corrected chi connectivity index (χ2v) is 5.42. The Hall–Kier alpha value is -1.62. The molecule has 0 fully saturated rings. The number of aromatic nitrogens is 4. The predicted octanol–water partition coefficient (Wildman–Crippen LogP) is 2.04. The standard InChI is InChI=1S/C14H23N5/c1-11(2)13(6-15)14-7-17-10-19(14)12(3)8-18-5-4-16-9-18/h4-5,7,9-13H,6,8,15H2,1-3H3. The van der Waals surface area contributed by atoms with E-state index >= 15 is 0 Å². The zero-order chi connectivity index (χ0) is 13.8. The van der Waals surface area contributed by atoms with Crippen molar-refractivity contribution in [3.8, 4) is 0 Å². The summed E-state index contributed by atoms with van der Waals surface area (Å²) in [6.07, 6.45) is 9.48. The molecule has 0 aliphatic heterocycles. The van der Waals surface area contributed by atoms with Crippen LogP contribution in [0, 0.1) is 5.92 Å². The van der Waals surface area contributed by atoms with Crippen LogP contribution in [0.4, 0.5) is 0 Å². The van der Waals surface area contributed by atoms with Crippen molar-refractivity contribution in [1.82, 2.24) is 19.1 Å². The SMILES string of the molecule is CC(C)C(CN)c1cncn1C(C)Cn1ccnc1. The molecule has 5 nitrogen and oxygen atoms in total. The molecule has 2 atom stereocenters. The third-order valence-electron chi connectivity index (χ3n) is 3.64. The van der Waals surface area contributed by atoms with E-state index in [1.54, 1.807) is 6.20 Å². The van der Waals surface area contributed by atoms with Crippen LogP contribution in [0.3, 0.4) is 0 Å². The molecule has 0 aliphatic carbocycles. The third-order valence-corrected chi connectivity index (χ3v) is 3.64. The Balaban J connectivity index is 2.18. The first-order chi connectivity index (χ1) is 9.13. The van der Waals surface area contributed by atoms with E-state index in [2.05, 4.69) is 39.9 Å². The summed E-state index contributed by atoms with van der Waals surface area (Å²) in [5, 5.41) is 0. The molecule has 0 amide bonds. The Morgan fingerprint density at radius 2 is 2.00 bits per heavy atom. The highest BCUT2D eigenvalue weighted by molar-refractivity contribution is 5.09. The Kier molecular flexibility index (Phi) is 4.37. The maximum Gasteiger partial charge on any atom is 0.0951 e. The molecule has 2 rings (SSSR count). The highest BCUT2D eigenvalue weighted by Crippen LogP contribution is 2.25. The van der Waals surface area contributed by atoms with Crippen molar-refractivity contribution in [1.29, 1.82) is 0 Å². The zero-order valence-corrected chi connectivity index (χ0v) is 11.9. The van der Waals surface area contributed by atoms with Crippen LogP contribution in [0.25, 0.3) is 0 Å². The Morgan fingerprint density at radius 1 is 1.21 bits per heavy atom. The lowest BCUT2D eigenvalue weighted by molar-refractivity contribution is 0.413. The average Bonchev–Trinajstić information content (AvgIpc) is 3.00. The summed E-state index contributed by atoms with van der Waals surface area (Å²) in [4.78, 5) is 8.38. The van der Waals surface area contributed by atoms with Crippen molar-refractivity contribution in [2.45, 2.75) is 39.3 Å². The average molecular weight is 261 g/mol. The summed E-state index contributed by atoms with van der Waals surface area (Å²) < 4.78 is 4.32. The van der Waals surface area contributed by atoms with Gasteiger partial charge in [-0.05, 0) is 12.8 Å². The number of hydrogen-bond donors (Lipinski definition) is 1. The van der Waals surface area contributed by atoms with Gasteiger partial charge >= 0.3 is 0 Å². The first kappa shape index (κ1) is 13.8. The van der Waals surface area contributed by atoms with E-state index in [9.17, 15) is 0 Å². The van der Waals surface area contributed by atoms with Crippen molar-refractivity contribution in [2.24, 2.45) is 11.7 Å². The van der Waals surface area contributed by atoms with Gasteiger partial charge < -0.3 is 14.9 Å². The summed E-state index contributed by atoms with van der Waals surface area (Å²) in [6, 6.07) is 0.333. The van der Waals surface area contributed by atoms with Crippen molar-refractivity contribution < 1.29 is 0 Å². The minimum Gasteiger partial charge on any atom is -0.335 e. The fourth-order valence-corrected chi connectivity index (χ4v) is 2.49. The number of imidazole rings is 2. The van der Waals surface area contributed by atoms with E-state index in [0.717, 1.165) is 6.54 Å². The van der Waals surface area contributed by atoms with Crippen LogP contribution >= 0.6 is 0 Å². The van der Waals surface area contributed by atoms with E-state index in [0.29, 0.717) is 24.4 Å². The fourth-order valence-electron chi connectivity index (χ4n) is 2.49. The largest absolute Gasteiger partial charge is 0.335 e. The van der Waals surface area contributed by atoms with E-state index in [1.807, 2.05) is 25.0 Å². The molecule has 0 bridgehead atoms. The van der Waals surface area contributed by atoms with Crippen LogP contribution in [-0.2, 0) is 6.54 Å². The van der Waals surface area contributed by atoms with Gasteiger partial charge in [0.25, 0.3) is 0 Å². The van der Waals surface area contributed by atoms with Gasteiger partial charge in [0.1, 0.15) is 0 Å². The quantitative estimate of drug-likeness (QED) is 0.865. The van der Waals surface area contributed by atoms with Crippen molar-refractivity contribution in [3.05, 3.63) is 36.9 Å². The Labute approximate surface area is 114 Å². The number of nitrogens with zero attached hydrogens (tertiary/aromatic N) is 4. The van der Waals surface area contributed by atoms with Gasteiger partial charge in [0, 0.05) is 49.3 Å². The van der Waals surface area contributed by atoms with Crippen molar-refractivity contribution in [3.63, 3.8) is 0 Å². The molecule has 0 saturated heterocycles. The molecule has 2 N–H and O–H groups in total. The normalized spacial score (nSPS) is 14.8. The molecule has 0 saturated carbocycles. The lowest BCUT2D eigenvalue weighted by Gasteiger charge is -2.24. The monoisotopic (exact) mass is 261 g/mol. The molecule has 19 heavy (non-hydrogen) atoms. The first-order valence-corrected chi connectivity index (χ1v) is 6.81. The Bertz CT molecular complexity index is 486. The van der Waals surface area contributed by atoms with Crippen LogP contribution in [0.5, 0.6) is 0 Å². The first-order valence-electron chi connectivity index (χ1n) is 6.81. The molecular formula is C14H23N5. The van der Waals surface area contributed by atoms with Gasteiger partial charge in [0.05, 0.1) is 12.7 Å². The molecule has 2 aromatic heterocycles. The van der Waals surface area contributed by atoms with Crippen molar-refractivity contribution in [2.75, 3.05) is 6.54 Å². The molecule has 2 unspecified atom stereocenters. The van der Waals surface area contributed by atoms with Crippen LogP contribution in [-0.4, -0.2) is 25.6 Å². The van der Waals surface area contributed by atoms with Crippen LogP contribution in [0.1, 0.15) is 38.4 Å². The molecule has 2 heterocycles. The highest BCUT2D eigenvalue weighted by atomic mass is 15.1. The summed E-state index contributed by atoms with van der Waals surface area (Å²) >= 11 is 0. The van der Waals surface area contributed by atoms with E-state index in [1.165, 1.54) is 5.69 Å². The predicted molar refractivity (Wildman–Crippen MR) is 75.8 cm³/mol.